The second-order valence-corrected chi connectivity index (χ2v) is 4.09. The van der Waals surface area contributed by atoms with Gasteiger partial charge in [-0.15, -0.1) is 0 Å². The Morgan fingerprint density at radius 2 is 1.89 bits per heavy atom. The van der Waals surface area contributed by atoms with Gasteiger partial charge in [-0.25, -0.2) is 5.84 Å². The van der Waals surface area contributed by atoms with E-state index in [4.69, 9.17) is 39.5 Å². The van der Waals surface area contributed by atoms with Gasteiger partial charge in [0.2, 0.25) is 11.8 Å². The molecule has 0 aliphatic rings. The second kappa shape index (κ2) is 5.26. The van der Waals surface area contributed by atoms with Crippen molar-refractivity contribution >= 4 is 35.0 Å². The molecule has 8 heteroatoms. The van der Waals surface area contributed by atoms with Crippen LogP contribution >= 0.6 is 23.2 Å². The molecule has 5 N–H and O–H groups in total. The molecule has 0 fully saturated rings. The number of nitrogens with two attached hydrogens (primary N) is 2. The highest BCUT2D eigenvalue weighted by Gasteiger charge is 2.05. The molecular formula is C10H9Cl2N5O. The number of halogens is 2. The van der Waals surface area contributed by atoms with E-state index in [1.807, 2.05) is 0 Å². The lowest BCUT2D eigenvalue weighted by Gasteiger charge is -2.07. The summed E-state index contributed by atoms with van der Waals surface area (Å²) in [5.41, 5.74) is 7.85. The monoisotopic (exact) mass is 285 g/mol. The Morgan fingerprint density at radius 1 is 1.11 bits per heavy atom. The molecule has 18 heavy (non-hydrogen) atoms. The smallest absolute Gasteiger partial charge is 0.226 e. The molecular weight excluding hydrogens is 277 g/mol. The summed E-state index contributed by atoms with van der Waals surface area (Å²) in [6.45, 7) is 0. The topological polar surface area (TPSA) is 99.1 Å². The minimum Gasteiger partial charge on any atom is -0.439 e. The fraction of sp³-hybridized carbons (Fsp3) is 0. The van der Waals surface area contributed by atoms with Gasteiger partial charge in [-0.3, -0.25) is 0 Å². The van der Waals surface area contributed by atoms with Gasteiger partial charge in [0.1, 0.15) is 11.6 Å². The normalized spacial score (nSPS) is 10.2. The van der Waals surface area contributed by atoms with Gasteiger partial charge >= 0.3 is 0 Å². The van der Waals surface area contributed by atoms with E-state index in [-0.39, 0.29) is 11.8 Å². The number of nitrogens with one attached hydrogen (secondary N) is 1. The van der Waals surface area contributed by atoms with Crippen LogP contribution < -0.4 is 21.7 Å². The van der Waals surface area contributed by atoms with Crippen molar-refractivity contribution in [3.05, 3.63) is 34.3 Å². The van der Waals surface area contributed by atoms with Crippen LogP contribution in [-0.4, -0.2) is 9.97 Å². The Balaban J connectivity index is 2.27. The molecule has 1 heterocycles. The maximum atomic E-state index is 5.87. The number of benzene rings is 1. The summed E-state index contributed by atoms with van der Waals surface area (Å²) in [5, 5.41) is 0.823. The van der Waals surface area contributed by atoms with E-state index >= 15 is 0 Å². The molecule has 0 bridgehead atoms. The van der Waals surface area contributed by atoms with Crippen LogP contribution in [0.2, 0.25) is 10.0 Å². The van der Waals surface area contributed by atoms with Crippen LogP contribution in [0.15, 0.2) is 24.3 Å². The van der Waals surface area contributed by atoms with Gasteiger partial charge in [-0.1, -0.05) is 23.2 Å². The molecule has 6 nitrogen and oxygen atoms in total. The number of hydrazine groups is 1. The Morgan fingerprint density at radius 3 is 2.56 bits per heavy atom. The molecule has 1 aromatic carbocycles. The maximum absolute atomic E-state index is 5.87. The number of nitrogen functional groups attached to an aromatic ring is 2. The lowest BCUT2D eigenvalue weighted by Crippen LogP contribution is -2.10. The Kier molecular flexibility index (Phi) is 3.71. The molecule has 0 amide bonds. The first kappa shape index (κ1) is 12.7. The minimum absolute atomic E-state index is 0.0421. The average Bonchev–Trinajstić information content (AvgIpc) is 2.33. The summed E-state index contributed by atoms with van der Waals surface area (Å²) in [6.07, 6.45) is 0. The molecule has 0 unspecified atom stereocenters. The Hall–Kier alpha value is -1.76. The summed E-state index contributed by atoms with van der Waals surface area (Å²) < 4.78 is 5.47. The molecule has 0 aliphatic carbocycles. The van der Waals surface area contributed by atoms with Crippen LogP contribution in [0.4, 0.5) is 11.8 Å². The van der Waals surface area contributed by atoms with E-state index in [0.29, 0.717) is 21.6 Å². The molecule has 0 atom stereocenters. The van der Waals surface area contributed by atoms with Gasteiger partial charge in [0.05, 0.1) is 10.0 Å². The highest BCUT2D eigenvalue weighted by Crippen LogP contribution is 2.29. The second-order valence-electron chi connectivity index (χ2n) is 3.27. The molecule has 0 radical (unpaired) electrons. The maximum Gasteiger partial charge on any atom is 0.226 e. The number of aromatic nitrogens is 2. The molecule has 94 valence electrons. The van der Waals surface area contributed by atoms with E-state index in [2.05, 4.69) is 15.4 Å². The van der Waals surface area contributed by atoms with Crippen molar-refractivity contribution in [1.29, 1.82) is 0 Å². The molecule has 0 spiro atoms. The van der Waals surface area contributed by atoms with E-state index in [9.17, 15) is 0 Å². The number of hydrogen-bond acceptors (Lipinski definition) is 6. The van der Waals surface area contributed by atoms with E-state index in [1.54, 1.807) is 18.2 Å². The van der Waals surface area contributed by atoms with Gasteiger partial charge in [-0.2, -0.15) is 9.97 Å². The molecule has 0 saturated carbocycles. The summed E-state index contributed by atoms with van der Waals surface area (Å²) in [6, 6.07) is 6.34. The van der Waals surface area contributed by atoms with Crippen LogP contribution in [0.5, 0.6) is 11.6 Å². The number of rotatable bonds is 3. The standard InChI is InChI=1S/C10H9Cl2N5O/c11-6-2-1-5(3-7(6)12)18-9-4-8(17-14)15-10(13)16-9/h1-4H,14H2,(H3,13,15,16,17). The largest absolute Gasteiger partial charge is 0.439 e. The quantitative estimate of drug-likeness (QED) is 0.592. The average molecular weight is 286 g/mol. The zero-order chi connectivity index (χ0) is 13.1. The molecule has 1 aromatic heterocycles. The third kappa shape index (κ3) is 2.92. The van der Waals surface area contributed by atoms with Crippen molar-refractivity contribution in [3.8, 4) is 11.6 Å². The SMILES string of the molecule is NNc1cc(Oc2ccc(Cl)c(Cl)c2)nc(N)n1. The summed E-state index contributed by atoms with van der Waals surface area (Å²) >= 11 is 11.7. The fourth-order valence-electron chi connectivity index (χ4n) is 1.23. The van der Waals surface area contributed by atoms with Gasteiger partial charge < -0.3 is 15.9 Å². The van der Waals surface area contributed by atoms with Crippen molar-refractivity contribution in [1.82, 2.24) is 9.97 Å². The first-order valence-electron chi connectivity index (χ1n) is 4.82. The molecule has 2 rings (SSSR count). The van der Waals surface area contributed by atoms with Gasteiger partial charge in [0, 0.05) is 12.1 Å². The lowest BCUT2D eigenvalue weighted by atomic mass is 10.3. The summed E-state index contributed by atoms with van der Waals surface area (Å²) in [4.78, 5) is 7.73. The third-order valence-corrected chi connectivity index (χ3v) is 2.72. The van der Waals surface area contributed by atoms with Gasteiger partial charge in [0.15, 0.2) is 0 Å². The summed E-state index contributed by atoms with van der Waals surface area (Å²) in [7, 11) is 0. The van der Waals surface area contributed by atoms with Crippen molar-refractivity contribution in [2.24, 2.45) is 5.84 Å². The van der Waals surface area contributed by atoms with Crippen LogP contribution in [-0.2, 0) is 0 Å². The number of anilines is 2. The van der Waals surface area contributed by atoms with E-state index in [0.717, 1.165) is 0 Å². The van der Waals surface area contributed by atoms with Gasteiger partial charge in [-0.05, 0) is 12.1 Å². The van der Waals surface area contributed by atoms with Gasteiger partial charge in [0.25, 0.3) is 0 Å². The van der Waals surface area contributed by atoms with Crippen molar-refractivity contribution in [2.75, 3.05) is 11.2 Å². The number of ether oxygens (including phenoxy) is 1. The van der Waals surface area contributed by atoms with Crippen LogP contribution in [0.25, 0.3) is 0 Å². The predicted molar refractivity (Wildman–Crippen MR) is 70.8 cm³/mol. The van der Waals surface area contributed by atoms with Crippen LogP contribution in [0, 0.1) is 0 Å². The first-order chi connectivity index (χ1) is 8.58. The minimum atomic E-state index is 0.0421. The summed E-state index contributed by atoms with van der Waals surface area (Å²) in [5.74, 6) is 6.34. The highest BCUT2D eigenvalue weighted by atomic mass is 35.5. The van der Waals surface area contributed by atoms with E-state index in [1.165, 1.54) is 6.07 Å². The zero-order valence-corrected chi connectivity index (χ0v) is 10.5. The third-order valence-electron chi connectivity index (χ3n) is 1.98. The lowest BCUT2D eigenvalue weighted by molar-refractivity contribution is 0.463. The number of nitrogens with zero attached hydrogens (tertiary/aromatic N) is 2. The fourth-order valence-corrected chi connectivity index (χ4v) is 1.52. The first-order valence-corrected chi connectivity index (χ1v) is 5.58. The molecule has 0 saturated heterocycles. The molecule has 2 aromatic rings. The highest BCUT2D eigenvalue weighted by molar-refractivity contribution is 6.42. The van der Waals surface area contributed by atoms with E-state index < -0.39 is 0 Å². The Labute approximate surface area is 113 Å². The number of hydrogen-bond donors (Lipinski definition) is 3. The van der Waals surface area contributed by atoms with Crippen molar-refractivity contribution < 1.29 is 4.74 Å². The zero-order valence-electron chi connectivity index (χ0n) is 9.02. The molecule has 0 aliphatic heterocycles. The van der Waals surface area contributed by atoms with Crippen molar-refractivity contribution in [2.45, 2.75) is 0 Å². The van der Waals surface area contributed by atoms with Crippen LogP contribution in [0.1, 0.15) is 0 Å². The van der Waals surface area contributed by atoms with Crippen molar-refractivity contribution in [3.63, 3.8) is 0 Å². The van der Waals surface area contributed by atoms with Crippen LogP contribution in [0.3, 0.4) is 0 Å². The Bertz CT molecular complexity index is 578. The predicted octanol–water partition coefficient (Wildman–Crippen LogP) is 2.44.